The van der Waals surface area contributed by atoms with Crippen molar-refractivity contribution in [3.8, 4) is 0 Å². The molecule has 4 atom stereocenters. The Labute approximate surface area is 81.5 Å². The van der Waals surface area contributed by atoms with Crippen LogP contribution in [0.25, 0.3) is 0 Å². The van der Waals surface area contributed by atoms with Crippen LogP contribution in [0.2, 0.25) is 0 Å². The van der Waals surface area contributed by atoms with Crippen molar-refractivity contribution in [1.82, 2.24) is 10.6 Å². The highest BCUT2D eigenvalue weighted by molar-refractivity contribution is 4.90. The van der Waals surface area contributed by atoms with Crippen LogP contribution in [0.15, 0.2) is 0 Å². The summed E-state index contributed by atoms with van der Waals surface area (Å²) in [5.74, 6) is 2.68. The third kappa shape index (κ3) is 2.68. The van der Waals surface area contributed by atoms with Gasteiger partial charge in [-0.15, -0.1) is 0 Å². The number of piperidine rings is 1. The van der Waals surface area contributed by atoms with E-state index in [4.69, 9.17) is 0 Å². The van der Waals surface area contributed by atoms with E-state index in [-0.39, 0.29) is 0 Å². The first-order valence-corrected chi connectivity index (χ1v) is 5.70. The zero-order chi connectivity index (χ0) is 9.26. The Balaban J connectivity index is 1.63. The van der Waals surface area contributed by atoms with Crippen molar-refractivity contribution in [2.24, 2.45) is 17.8 Å². The summed E-state index contributed by atoms with van der Waals surface area (Å²) in [4.78, 5) is 0. The molecule has 1 aliphatic heterocycles. The Morgan fingerprint density at radius 2 is 2.00 bits per heavy atom. The third-order valence-corrected chi connectivity index (χ3v) is 3.44. The van der Waals surface area contributed by atoms with Crippen LogP contribution in [0, 0.1) is 17.8 Å². The molecule has 2 nitrogen and oxygen atoms in total. The quantitative estimate of drug-likeness (QED) is 0.686. The van der Waals surface area contributed by atoms with Gasteiger partial charge in [-0.2, -0.15) is 0 Å². The van der Waals surface area contributed by atoms with Gasteiger partial charge in [-0.3, -0.25) is 0 Å². The van der Waals surface area contributed by atoms with Gasteiger partial charge in [0.1, 0.15) is 0 Å². The lowest BCUT2D eigenvalue weighted by Crippen LogP contribution is -2.40. The standard InChI is InChI=1S/C11H22N2/c1-8-3-10(6-12-5-8)7-13-11-4-9(11)2/h8-13H,3-7H2,1-2H3. The van der Waals surface area contributed by atoms with Gasteiger partial charge in [0.15, 0.2) is 0 Å². The zero-order valence-electron chi connectivity index (χ0n) is 8.84. The molecule has 0 amide bonds. The summed E-state index contributed by atoms with van der Waals surface area (Å²) in [6.45, 7) is 8.35. The smallest absolute Gasteiger partial charge is 0.00965 e. The van der Waals surface area contributed by atoms with Gasteiger partial charge in [-0.05, 0) is 50.2 Å². The molecule has 2 N–H and O–H groups in total. The van der Waals surface area contributed by atoms with Crippen molar-refractivity contribution >= 4 is 0 Å². The highest BCUT2D eigenvalue weighted by Crippen LogP contribution is 2.29. The monoisotopic (exact) mass is 182 g/mol. The summed E-state index contributed by atoms with van der Waals surface area (Å²) >= 11 is 0. The van der Waals surface area contributed by atoms with Crippen molar-refractivity contribution in [2.45, 2.75) is 32.7 Å². The fraction of sp³-hybridized carbons (Fsp3) is 1.00. The van der Waals surface area contributed by atoms with Crippen LogP contribution in [0.1, 0.15) is 26.7 Å². The fourth-order valence-corrected chi connectivity index (χ4v) is 2.35. The molecule has 2 fully saturated rings. The molecule has 1 saturated carbocycles. The molecule has 2 heteroatoms. The molecule has 1 saturated heterocycles. The second-order valence-electron chi connectivity index (χ2n) is 5.09. The summed E-state index contributed by atoms with van der Waals surface area (Å²) in [6, 6.07) is 0.845. The molecule has 0 radical (unpaired) electrons. The van der Waals surface area contributed by atoms with E-state index in [1.54, 1.807) is 0 Å². The maximum Gasteiger partial charge on any atom is 0.00965 e. The van der Waals surface area contributed by atoms with Crippen LogP contribution in [-0.4, -0.2) is 25.7 Å². The van der Waals surface area contributed by atoms with Crippen LogP contribution >= 0.6 is 0 Å². The van der Waals surface area contributed by atoms with E-state index in [0.717, 1.165) is 23.8 Å². The zero-order valence-corrected chi connectivity index (χ0v) is 8.84. The van der Waals surface area contributed by atoms with Crippen LogP contribution < -0.4 is 10.6 Å². The van der Waals surface area contributed by atoms with E-state index in [9.17, 15) is 0 Å². The lowest BCUT2D eigenvalue weighted by atomic mass is 9.92. The van der Waals surface area contributed by atoms with Crippen molar-refractivity contribution in [3.05, 3.63) is 0 Å². The number of rotatable bonds is 3. The maximum atomic E-state index is 3.66. The molecule has 1 aliphatic carbocycles. The third-order valence-electron chi connectivity index (χ3n) is 3.44. The van der Waals surface area contributed by atoms with Crippen molar-refractivity contribution < 1.29 is 0 Å². The molecule has 1 heterocycles. The lowest BCUT2D eigenvalue weighted by Gasteiger charge is -2.27. The van der Waals surface area contributed by atoms with E-state index in [0.29, 0.717) is 0 Å². The predicted octanol–water partition coefficient (Wildman–Crippen LogP) is 1.23. The average Bonchev–Trinajstić information content (AvgIpc) is 2.79. The van der Waals surface area contributed by atoms with E-state index in [1.165, 1.54) is 32.5 Å². The van der Waals surface area contributed by atoms with Crippen LogP contribution in [0.5, 0.6) is 0 Å². The molecule has 0 bridgehead atoms. The van der Waals surface area contributed by atoms with E-state index in [2.05, 4.69) is 24.5 Å². The topological polar surface area (TPSA) is 24.1 Å². The van der Waals surface area contributed by atoms with Gasteiger partial charge < -0.3 is 10.6 Å². The number of hydrogen-bond donors (Lipinski definition) is 2. The predicted molar refractivity (Wildman–Crippen MR) is 55.7 cm³/mol. The Morgan fingerprint density at radius 3 is 2.62 bits per heavy atom. The van der Waals surface area contributed by atoms with Crippen molar-refractivity contribution in [2.75, 3.05) is 19.6 Å². The molecule has 2 aliphatic rings. The lowest BCUT2D eigenvalue weighted by molar-refractivity contribution is 0.292. The second-order valence-corrected chi connectivity index (χ2v) is 5.09. The fourth-order valence-electron chi connectivity index (χ4n) is 2.35. The van der Waals surface area contributed by atoms with E-state index >= 15 is 0 Å². The molecule has 0 aromatic heterocycles. The molecule has 4 unspecified atom stereocenters. The Bertz CT molecular complexity index is 169. The Morgan fingerprint density at radius 1 is 1.23 bits per heavy atom. The largest absolute Gasteiger partial charge is 0.316 e. The summed E-state index contributed by atoms with van der Waals surface area (Å²) in [5, 5.41) is 7.16. The number of hydrogen-bond acceptors (Lipinski definition) is 2. The van der Waals surface area contributed by atoms with Crippen LogP contribution in [-0.2, 0) is 0 Å². The van der Waals surface area contributed by atoms with E-state index in [1.807, 2.05) is 0 Å². The SMILES string of the molecule is CC1CNCC(CNC2CC2C)C1. The average molecular weight is 182 g/mol. The summed E-state index contributed by atoms with van der Waals surface area (Å²) < 4.78 is 0. The first kappa shape index (κ1) is 9.47. The highest BCUT2D eigenvalue weighted by Gasteiger charge is 2.32. The van der Waals surface area contributed by atoms with Crippen LogP contribution in [0.3, 0.4) is 0 Å². The summed E-state index contributed by atoms with van der Waals surface area (Å²) in [6.07, 6.45) is 2.80. The molecular weight excluding hydrogens is 160 g/mol. The van der Waals surface area contributed by atoms with Gasteiger partial charge in [-0.25, -0.2) is 0 Å². The summed E-state index contributed by atoms with van der Waals surface area (Å²) in [7, 11) is 0. The minimum atomic E-state index is 0.845. The van der Waals surface area contributed by atoms with Crippen LogP contribution in [0.4, 0.5) is 0 Å². The minimum absolute atomic E-state index is 0.845. The summed E-state index contributed by atoms with van der Waals surface area (Å²) in [5.41, 5.74) is 0. The normalized spacial score (nSPS) is 44.8. The van der Waals surface area contributed by atoms with Gasteiger partial charge in [0.05, 0.1) is 0 Å². The molecule has 0 aromatic rings. The minimum Gasteiger partial charge on any atom is -0.316 e. The van der Waals surface area contributed by atoms with E-state index < -0.39 is 0 Å². The first-order chi connectivity index (χ1) is 6.25. The highest BCUT2D eigenvalue weighted by atomic mass is 15.0. The van der Waals surface area contributed by atoms with Gasteiger partial charge in [-0.1, -0.05) is 13.8 Å². The molecule has 2 rings (SSSR count). The Hall–Kier alpha value is -0.0800. The second kappa shape index (κ2) is 3.97. The Kier molecular flexibility index (Phi) is 2.89. The molecule has 76 valence electrons. The van der Waals surface area contributed by atoms with Gasteiger partial charge in [0, 0.05) is 6.04 Å². The molecule has 0 aromatic carbocycles. The van der Waals surface area contributed by atoms with Gasteiger partial charge in [0.2, 0.25) is 0 Å². The molecule has 0 spiro atoms. The van der Waals surface area contributed by atoms with Crippen molar-refractivity contribution in [1.29, 1.82) is 0 Å². The maximum absolute atomic E-state index is 3.66. The molecule has 13 heavy (non-hydrogen) atoms. The first-order valence-electron chi connectivity index (χ1n) is 5.70. The number of nitrogens with one attached hydrogen (secondary N) is 2. The van der Waals surface area contributed by atoms with Crippen molar-refractivity contribution in [3.63, 3.8) is 0 Å². The van der Waals surface area contributed by atoms with Gasteiger partial charge >= 0.3 is 0 Å². The molecular formula is C11H22N2. The van der Waals surface area contributed by atoms with Gasteiger partial charge in [0.25, 0.3) is 0 Å².